The minimum atomic E-state index is -4.25. The maximum Gasteiger partial charge on any atom is 0.234 e. The van der Waals surface area contributed by atoms with E-state index in [-0.39, 0.29) is 4.90 Å². The molecule has 0 atom stereocenters. The van der Waals surface area contributed by atoms with E-state index in [1.807, 2.05) is 11.3 Å². The van der Waals surface area contributed by atoms with Crippen LogP contribution in [0.1, 0.15) is 5.01 Å². The number of fused-ring (bicyclic) bond motifs is 1. The molecule has 3 aromatic rings. The zero-order chi connectivity index (χ0) is 15.5. The molecule has 0 saturated heterocycles. The first kappa shape index (κ1) is 15.6. The van der Waals surface area contributed by atoms with Gasteiger partial charge in [0.15, 0.2) is 0 Å². The number of hydrogen-bond donors (Lipinski definition) is 0. The molecule has 0 aliphatic carbocycles. The van der Waals surface area contributed by atoms with Crippen molar-refractivity contribution in [2.75, 3.05) is 0 Å². The van der Waals surface area contributed by atoms with Crippen molar-refractivity contribution in [3.63, 3.8) is 0 Å². The standard InChI is InChI=1S/C9H10NS.C6H6O3S/c1-7-10(2)8-5-3-4-6-9(8)11-7;7-10(8,9)6-4-2-1-3-5-6/h3-6H,1-2H3;1-5H,(H,7,8,9)/q+1;/p-1. The van der Waals surface area contributed by atoms with E-state index in [1.165, 1.54) is 39.5 Å². The predicted molar refractivity (Wildman–Crippen MR) is 82.1 cm³/mol. The molecule has 1 heterocycles. The first-order valence-electron chi connectivity index (χ1n) is 6.24. The van der Waals surface area contributed by atoms with E-state index in [0.717, 1.165) is 0 Å². The van der Waals surface area contributed by atoms with Crippen LogP contribution in [0, 0.1) is 6.92 Å². The van der Waals surface area contributed by atoms with Gasteiger partial charge in [0.2, 0.25) is 10.5 Å². The Morgan fingerprint density at radius 1 is 1.00 bits per heavy atom. The average molecular weight is 321 g/mol. The van der Waals surface area contributed by atoms with Crippen molar-refractivity contribution in [3.05, 3.63) is 59.6 Å². The van der Waals surface area contributed by atoms with E-state index in [2.05, 4.69) is 42.8 Å². The van der Waals surface area contributed by atoms with Gasteiger partial charge in [-0.3, -0.25) is 0 Å². The highest BCUT2D eigenvalue weighted by atomic mass is 32.2. The Bertz CT molecular complexity index is 840. The van der Waals surface area contributed by atoms with Crippen LogP contribution in [0.2, 0.25) is 0 Å². The van der Waals surface area contributed by atoms with E-state index in [1.54, 1.807) is 6.07 Å². The van der Waals surface area contributed by atoms with Crippen molar-refractivity contribution in [2.24, 2.45) is 7.05 Å². The number of benzene rings is 2. The van der Waals surface area contributed by atoms with Gasteiger partial charge in [-0.2, -0.15) is 4.57 Å². The molecule has 0 bridgehead atoms. The summed E-state index contributed by atoms with van der Waals surface area (Å²) in [5.41, 5.74) is 1.33. The molecule has 21 heavy (non-hydrogen) atoms. The largest absolute Gasteiger partial charge is 0.744 e. The summed E-state index contributed by atoms with van der Waals surface area (Å²) in [7, 11) is -2.15. The summed E-state index contributed by atoms with van der Waals surface area (Å²) in [6, 6.07) is 15.7. The number of hydrogen-bond acceptors (Lipinski definition) is 4. The Morgan fingerprint density at radius 2 is 1.57 bits per heavy atom. The van der Waals surface area contributed by atoms with Gasteiger partial charge in [-0.05, 0) is 18.2 Å². The summed E-state index contributed by atoms with van der Waals surface area (Å²) in [4.78, 5) is -0.185. The lowest BCUT2D eigenvalue weighted by Crippen LogP contribution is -2.28. The summed E-state index contributed by atoms with van der Waals surface area (Å²) in [6.45, 7) is 2.14. The van der Waals surface area contributed by atoms with Gasteiger partial charge in [-0.1, -0.05) is 41.7 Å². The van der Waals surface area contributed by atoms with Crippen LogP contribution in [0.3, 0.4) is 0 Å². The van der Waals surface area contributed by atoms with E-state index in [4.69, 9.17) is 0 Å². The topological polar surface area (TPSA) is 61.1 Å². The van der Waals surface area contributed by atoms with Gasteiger partial charge in [0.25, 0.3) is 0 Å². The van der Waals surface area contributed by atoms with Crippen molar-refractivity contribution < 1.29 is 17.5 Å². The Balaban J connectivity index is 0.000000155. The minimum absolute atomic E-state index is 0.185. The molecular weight excluding hydrogens is 306 g/mol. The van der Waals surface area contributed by atoms with Gasteiger partial charge in [0.05, 0.1) is 4.90 Å². The number of para-hydroxylation sites is 1. The molecule has 6 heteroatoms. The van der Waals surface area contributed by atoms with E-state index in [0.29, 0.717) is 0 Å². The lowest BCUT2D eigenvalue weighted by atomic mass is 10.3. The first-order valence-corrected chi connectivity index (χ1v) is 8.47. The highest BCUT2D eigenvalue weighted by molar-refractivity contribution is 7.85. The van der Waals surface area contributed by atoms with Gasteiger partial charge < -0.3 is 4.55 Å². The zero-order valence-corrected chi connectivity index (χ0v) is 13.3. The predicted octanol–water partition coefficient (Wildman–Crippen LogP) is 2.62. The van der Waals surface area contributed by atoms with Crippen LogP contribution in [0.25, 0.3) is 10.2 Å². The number of thiazole rings is 1. The van der Waals surface area contributed by atoms with Crippen LogP contribution < -0.4 is 4.57 Å². The normalized spacial score (nSPS) is 11.0. The Labute approximate surface area is 128 Å². The maximum atomic E-state index is 10.3. The molecule has 0 unspecified atom stereocenters. The third-order valence-corrected chi connectivity index (χ3v) is 4.97. The summed E-state index contributed by atoms with van der Waals surface area (Å²) in [5, 5.41) is 1.35. The molecule has 0 spiro atoms. The van der Waals surface area contributed by atoms with E-state index in [9.17, 15) is 13.0 Å². The molecule has 1 aromatic heterocycles. The molecule has 0 aliphatic heterocycles. The number of rotatable bonds is 1. The molecule has 110 valence electrons. The molecule has 0 amide bonds. The third-order valence-electron chi connectivity index (χ3n) is 2.99. The molecule has 4 nitrogen and oxygen atoms in total. The molecule has 0 aliphatic rings. The van der Waals surface area contributed by atoms with Crippen molar-refractivity contribution in [3.8, 4) is 0 Å². The SMILES string of the molecule is Cc1sc2ccccc2[n+]1C.O=S(=O)([O-])c1ccccc1. The molecule has 0 fully saturated rings. The lowest BCUT2D eigenvalue weighted by Gasteiger charge is -2.04. The highest BCUT2D eigenvalue weighted by Gasteiger charge is 2.10. The molecule has 0 N–H and O–H groups in total. The van der Waals surface area contributed by atoms with Crippen LogP contribution in [0.4, 0.5) is 0 Å². The molecule has 2 aromatic carbocycles. The van der Waals surface area contributed by atoms with Crippen LogP contribution >= 0.6 is 11.3 Å². The summed E-state index contributed by atoms with van der Waals surface area (Å²) >= 11 is 1.84. The lowest BCUT2D eigenvalue weighted by molar-refractivity contribution is -0.646. The third kappa shape index (κ3) is 3.87. The van der Waals surface area contributed by atoms with Crippen molar-refractivity contribution >= 4 is 31.7 Å². The van der Waals surface area contributed by atoms with Gasteiger partial charge in [-0.25, -0.2) is 8.42 Å². The maximum absolute atomic E-state index is 10.3. The smallest absolute Gasteiger partial charge is 0.234 e. The van der Waals surface area contributed by atoms with Gasteiger partial charge in [-0.15, -0.1) is 0 Å². The first-order chi connectivity index (χ1) is 9.89. The second-order valence-electron chi connectivity index (χ2n) is 4.41. The monoisotopic (exact) mass is 321 g/mol. The fraction of sp³-hybridized carbons (Fsp3) is 0.133. The van der Waals surface area contributed by atoms with E-state index < -0.39 is 10.1 Å². The number of aryl methyl sites for hydroxylation is 2. The van der Waals surface area contributed by atoms with Gasteiger partial charge in [0.1, 0.15) is 21.9 Å². The van der Waals surface area contributed by atoms with Crippen molar-refractivity contribution in [2.45, 2.75) is 11.8 Å². The molecule has 3 rings (SSSR count). The Morgan fingerprint density at radius 3 is 2.10 bits per heavy atom. The van der Waals surface area contributed by atoms with Crippen molar-refractivity contribution in [1.29, 1.82) is 0 Å². The second-order valence-corrected chi connectivity index (χ2v) is 7.03. The summed E-state index contributed by atoms with van der Waals surface area (Å²) < 4.78 is 34.4. The fourth-order valence-electron chi connectivity index (χ4n) is 1.80. The second kappa shape index (κ2) is 6.34. The van der Waals surface area contributed by atoms with Crippen LogP contribution in [0.5, 0.6) is 0 Å². The molecule has 0 saturated carbocycles. The molecule has 0 radical (unpaired) electrons. The number of aromatic nitrogens is 1. The highest BCUT2D eigenvalue weighted by Crippen LogP contribution is 2.17. The van der Waals surface area contributed by atoms with Crippen LogP contribution in [0.15, 0.2) is 59.5 Å². The number of nitrogens with zero attached hydrogens (tertiary/aromatic N) is 1. The van der Waals surface area contributed by atoms with Crippen molar-refractivity contribution in [1.82, 2.24) is 0 Å². The summed E-state index contributed by atoms with van der Waals surface area (Å²) in [5.74, 6) is 0. The minimum Gasteiger partial charge on any atom is -0.744 e. The van der Waals surface area contributed by atoms with Gasteiger partial charge >= 0.3 is 0 Å². The fourth-order valence-corrected chi connectivity index (χ4v) is 3.31. The molecular formula is C15H15NO3S2. The van der Waals surface area contributed by atoms with E-state index >= 15 is 0 Å². The van der Waals surface area contributed by atoms with Crippen LogP contribution in [-0.2, 0) is 17.2 Å². The average Bonchev–Trinajstić information content (AvgIpc) is 2.75. The Kier molecular flexibility index (Phi) is 4.72. The zero-order valence-electron chi connectivity index (χ0n) is 11.7. The van der Waals surface area contributed by atoms with Gasteiger partial charge in [0, 0.05) is 13.0 Å². The Hall–Kier alpha value is -1.76. The summed E-state index contributed by atoms with van der Waals surface area (Å²) in [6.07, 6.45) is 0. The van der Waals surface area contributed by atoms with Crippen LogP contribution in [-0.4, -0.2) is 13.0 Å². The quantitative estimate of drug-likeness (QED) is 0.511.